The Morgan fingerprint density at radius 3 is 1.91 bits per heavy atom. The average molecular weight is 148 g/mol. The summed E-state index contributed by atoms with van der Waals surface area (Å²) >= 11 is 0. The third kappa shape index (κ3) is 0.503. The summed E-state index contributed by atoms with van der Waals surface area (Å²) in [6, 6.07) is 0. The molecule has 4 rings (SSSR count). The zero-order chi connectivity index (χ0) is 7.59. The molecule has 2 nitrogen and oxygen atoms in total. The Bertz CT molecular complexity index is 262. The van der Waals surface area contributed by atoms with Gasteiger partial charge in [0.25, 0.3) is 0 Å². The molecule has 2 bridgehead atoms. The SMILES string of the molecule is O=C1C(=O)[C@@H]2C=C[C@H]1[C@H]1C[C@H]12. The number of carbonyl (C=O) groups excluding carboxylic acids is 2. The van der Waals surface area contributed by atoms with Crippen LogP contribution in [0.3, 0.4) is 0 Å². The van der Waals surface area contributed by atoms with Gasteiger partial charge in [-0.1, -0.05) is 12.2 Å². The van der Waals surface area contributed by atoms with Crippen LogP contribution in [0.15, 0.2) is 12.2 Å². The molecule has 0 aromatic heterocycles. The van der Waals surface area contributed by atoms with E-state index in [4.69, 9.17) is 0 Å². The van der Waals surface area contributed by atoms with E-state index in [0.717, 1.165) is 6.42 Å². The zero-order valence-corrected chi connectivity index (χ0v) is 5.99. The minimum atomic E-state index is -0.128. The van der Waals surface area contributed by atoms with Gasteiger partial charge in [0, 0.05) is 11.8 Å². The molecule has 2 saturated carbocycles. The molecule has 0 aromatic carbocycles. The first-order valence-electron chi connectivity index (χ1n) is 4.05. The van der Waals surface area contributed by atoms with Crippen LogP contribution in [0.25, 0.3) is 0 Å². The number of allylic oxidation sites excluding steroid dienone is 2. The maximum Gasteiger partial charge on any atom is 0.206 e. The molecule has 4 aliphatic carbocycles. The zero-order valence-electron chi connectivity index (χ0n) is 5.99. The second-order valence-electron chi connectivity index (χ2n) is 3.73. The summed E-state index contributed by atoms with van der Waals surface area (Å²) in [4.78, 5) is 22.4. The summed E-state index contributed by atoms with van der Waals surface area (Å²) in [7, 11) is 0. The molecule has 4 atom stereocenters. The first-order chi connectivity index (χ1) is 5.29. The average Bonchev–Trinajstić information content (AvgIpc) is 2.76. The summed E-state index contributed by atoms with van der Waals surface area (Å²) in [6.07, 6.45) is 4.96. The van der Waals surface area contributed by atoms with Crippen LogP contribution in [-0.2, 0) is 9.59 Å². The molecular formula is C9H8O2. The number of Topliss-reactive ketones (excluding diaryl/α,β-unsaturated/α-hetero) is 2. The minimum Gasteiger partial charge on any atom is -0.290 e. The number of fused-ring (bicyclic) bond motifs is 1. The Morgan fingerprint density at radius 2 is 1.45 bits per heavy atom. The Hall–Kier alpha value is -0.920. The Kier molecular flexibility index (Phi) is 0.761. The van der Waals surface area contributed by atoms with E-state index in [1.54, 1.807) is 0 Å². The van der Waals surface area contributed by atoms with E-state index in [1.165, 1.54) is 0 Å². The maximum atomic E-state index is 11.2. The molecule has 0 aromatic rings. The predicted octanol–water partition coefficient (Wildman–Crippen LogP) is 0.576. The number of ketones is 2. The Morgan fingerprint density at radius 1 is 1.00 bits per heavy atom. The second-order valence-corrected chi connectivity index (χ2v) is 3.73. The molecule has 0 spiro atoms. The van der Waals surface area contributed by atoms with E-state index in [1.807, 2.05) is 12.2 Å². The molecule has 0 radical (unpaired) electrons. The molecule has 2 fully saturated rings. The van der Waals surface area contributed by atoms with Gasteiger partial charge >= 0.3 is 0 Å². The van der Waals surface area contributed by atoms with Crippen molar-refractivity contribution in [1.82, 2.24) is 0 Å². The van der Waals surface area contributed by atoms with E-state index in [9.17, 15) is 9.59 Å². The first-order valence-corrected chi connectivity index (χ1v) is 4.05. The summed E-state index contributed by atoms with van der Waals surface area (Å²) in [5.41, 5.74) is 0. The smallest absolute Gasteiger partial charge is 0.206 e. The fourth-order valence-electron chi connectivity index (χ4n) is 2.48. The van der Waals surface area contributed by atoms with Crippen LogP contribution in [0, 0.1) is 23.7 Å². The lowest BCUT2D eigenvalue weighted by Gasteiger charge is -2.26. The van der Waals surface area contributed by atoms with Crippen LogP contribution >= 0.6 is 0 Å². The van der Waals surface area contributed by atoms with Crippen LogP contribution in [0.5, 0.6) is 0 Å². The number of hydrogen-bond acceptors (Lipinski definition) is 2. The van der Waals surface area contributed by atoms with Gasteiger partial charge in [-0.2, -0.15) is 0 Å². The molecular weight excluding hydrogens is 140 g/mol. The van der Waals surface area contributed by atoms with Crippen molar-refractivity contribution in [3.63, 3.8) is 0 Å². The standard InChI is InChI=1S/C9H8O2/c10-8-4-1-2-5(9(8)11)7-3-6(4)7/h1-2,4-7H,3H2/t4-,5+,6+,7-. The monoisotopic (exact) mass is 148 g/mol. The van der Waals surface area contributed by atoms with Gasteiger partial charge in [0.2, 0.25) is 11.6 Å². The van der Waals surface area contributed by atoms with Gasteiger partial charge in [-0.15, -0.1) is 0 Å². The largest absolute Gasteiger partial charge is 0.290 e. The maximum absolute atomic E-state index is 11.2. The van der Waals surface area contributed by atoms with Crippen molar-refractivity contribution in [3.8, 4) is 0 Å². The highest BCUT2D eigenvalue weighted by Gasteiger charge is 2.59. The van der Waals surface area contributed by atoms with Crippen LogP contribution < -0.4 is 0 Å². The van der Waals surface area contributed by atoms with E-state index in [2.05, 4.69) is 0 Å². The lowest BCUT2D eigenvalue weighted by Crippen LogP contribution is -2.39. The quantitative estimate of drug-likeness (QED) is 0.372. The molecule has 4 aliphatic rings. The van der Waals surface area contributed by atoms with E-state index in [-0.39, 0.29) is 23.4 Å². The topological polar surface area (TPSA) is 34.1 Å². The summed E-state index contributed by atoms with van der Waals surface area (Å²) in [5, 5.41) is 0. The van der Waals surface area contributed by atoms with Gasteiger partial charge < -0.3 is 0 Å². The van der Waals surface area contributed by atoms with Gasteiger partial charge in [0.05, 0.1) is 0 Å². The minimum absolute atomic E-state index is 0.0301. The van der Waals surface area contributed by atoms with Gasteiger partial charge in [0.1, 0.15) is 0 Å². The molecule has 0 aliphatic heterocycles. The summed E-state index contributed by atoms with van der Waals surface area (Å²) in [5.74, 6) is 0.757. The summed E-state index contributed by atoms with van der Waals surface area (Å²) < 4.78 is 0. The van der Waals surface area contributed by atoms with E-state index < -0.39 is 0 Å². The molecule has 11 heavy (non-hydrogen) atoms. The lowest BCUT2D eigenvalue weighted by atomic mass is 9.74. The van der Waals surface area contributed by atoms with Crippen molar-refractivity contribution >= 4 is 11.6 Å². The third-order valence-electron chi connectivity index (χ3n) is 3.19. The Balaban J connectivity index is 2.16. The van der Waals surface area contributed by atoms with Crippen molar-refractivity contribution in [2.45, 2.75) is 6.42 Å². The van der Waals surface area contributed by atoms with E-state index >= 15 is 0 Å². The van der Waals surface area contributed by atoms with Crippen molar-refractivity contribution in [1.29, 1.82) is 0 Å². The number of hydrogen-bond donors (Lipinski definition) is 0. The van der Waals surface area contributed by atoms with Crippen LogP contribution in [-0.4, -0.2) is 11.6 Å². The van der Waals surface area contributed by atoms with Gasteiger partial charge in [0.15, 0.2) is 0 Å². The van der Waals surface area contributed by atoms with Crippen molar-refractivity contribution in [2.75, 3.05) is 0 Å². The fraction of sp³-hybridized carbons (Fsp3) is 0.556. The number of carbonyl (C=O) groups is 2. The van der Waals surface area contributed by atoms with Crippen molar-refractivity contribution in [2.24, 2.45) is 23.7 Å². The predicted molar refractivity (Wildman–Crippen MR) is 37.7 cm³/mol. The van der Waals surface area contributed by atoms with Gasteiger partial charge in [-0.05, 0) is 18.3 Å². The normalized spacial score (nSPS) is 51.3. The highest BCUT2D eigenvalue weighted by molar-refractivity contribution is 6.41. The van der Waals surface area contributed by atoms with Crippen LogP contribution in [0.1, 0.15) is 6.42 Å². The van der Waals surface area contributed by atoms with Crippen LogP contribution in [0.2, 0.25) is 0 Å². The van der Waals surface area contributed by atoms with Gasteiger partial charge in [-0.25, -0.2) is 0 Å². The molecule has 56 valence electrons. The van der Waals surface area contributed by atoms with Crippen molar-refractivity contribution < 1.29 is 9.59 Å². The fourth-order valence-corrected chi connectivity index (χ4v) is 2.48. The third-order valence-corrected chi connectivity index (χ3v) is 3.19. The van der Waals surface area contributed by atoms with E-state index in [0.29, 0.717) is 11.8 Å². The number of rotatable bonds is 0. The highest BCUT2D eigenvalue weighted by Crippen LogP contribution is 2.56. The van der Waals surface area contributed by atoms with Crippen molar-refractivity contribution in [3.05, 3.63) is 12.2 Å². The highest BCUT2D eigenvalue weighted by atomic mass is 16.2. The second kappa shape index (κ2) is 1.47. The molecule has 0 heterocycles. The summed E-state index contributed by atoms with van der Waals surface area (Å²) in [6.45, 7) is 0. The Labute approximate surface area is 64.3 Å². The van der Waals surface area contributed by atoms with Crippen LogP contribution in [0.4, 0.5) is 0 Å². The molecule has 0 N–H and O–H groups in total. The molecule has 2 heteroatoms. The van der Waals surface area contributed by atoms with Gasteiger partial charge in [-0.3, -0.25) is 9.59 Å². The first kappa shape index (κ1) is 5.70. The molecule has 0 unspecified atom stereocenters. The molecule has 0 saturated heterocycles. The lowest BCUT2D eigenvalue weighted by molar-refractivity contribution is -0.142. The molecule has 0 amide bonds.